The number of nitrogens with zero attached hydrogens (tertiary/aromatic N) is 2. The summed E-state index contributed by atoms with van der Waals surface area (Å²) in [5, 5.41) is 0.338. The number of halogens is 1. The third kappa shape index (κ3) is 2.95. The number of sulfonamides is 1. The Morgan fingerprint density at radius 3 is 2.70 bits per heavy atom. The molecular formula is C12H14ClN3O2S2. The predicted molar refractivity (Wildman–Crippen MR) is 81.4 cm³/mol. The number of hydrogen-bond acceptors (Lipinski definition) is 5. The molecule has 20 heavy (non-hydrogen) atoms. The Morgan fingerprint density at radius 1 is 1.45 bits per heavy atom. The Labute approximate surface area is 127 Å². The molecule has 0 amide bonds. The van der Waals surface area contributed by atoms with Crippen LogP contribution in [-0.4, -0.2) is 24.8 Å². The molecule has 2 rings (SSSR count). The van der Waals surface area contributed by atoms with Crippen molar-refractivity contribution in [3.05, 3.63) is 39.3 Å². The standard InChI is InChI=1S/C12H14ClN3O2S2/c1-8-12(19-7-15-8)6-16(2)20(17,18)9-3-4-10(13)11(14)5-9/h3-5,7H,6,14H2,1-2H3. The molecule has 2 aromatic rings. The SMILES string of the molecule is Cc1ncsc1CN(C)S(=O)(=O)c1ccc(Cl)c(N)c1. The maximum atomic E-state index is 12.4. The Balaban J connectivity index is 2.29. The third-order valence-electron chi connectivity index (χ3n) is 2.89. The summed E-state index contributed by atoms with van der Waals surface area (Å²) in [4.78, 5) is 5.15. The first-order valence-electron chi connectivity index (χ1n) is 5.72. The van der Waals surface area contributed by atoms with Gasteiger partial charge in [-0.2, -0.15) is 4.31 Å². The highest BCUT2D eigenvalue weighted by Gasteiger charge is 2.22. The van der Waals surface area contributed by atoms with E-state index < -0.39 is 10.0 Å². The van der Waals surface area contributed by atoms with Crippen LogP contribution in [0.3, 0.4) is 0 Å². The zero-order valence-electron chi connectivity index (χ0n) is 11.0. The summed E-state index contributed by atoms with van der Waals surface area (Å²) in [6, 6.07) is 4.30. The summed E-state index contributed by atoms with van der Waals surface area (Å²) in [7, 11) is -2.07. The Morgan fingerprint density at radius 2 is 2.15 bits per heavy atom. The summed E-state index contributed by atoms with van der Waals surface area (Å²) >= 11 is 7.24. The van der Waals surface area contributed by atoms with Gasteiger partial charge in [0, 0.05) is 18.5 Å². The molecular weight excluding hydrogens is 318 g/mol. The molecule has 0 unspecified atom stereocenters. The second-order valence-corrected chi connectivity index (χ2v) is 7.70. The molecule has 0 aliphatic rings. The monoisotopic (exact) mass is 331 g/mol. The summed E-state index contributed by atoms with van der Waals surface area (Å²) in [5.41, 5.74) is 8.44. The van der Waals surface area contributed by atoms with Gasteiger partial charge in [0.05, 0.1) is 26.8 Å². The molecule has 8 heteroatoms. The van der Waals surface area contributed by atoms with Gasteiger partial charge in [0.15, 0.2) is 0 Å². The first-order valence-corrected chi connectivity index (χ1v) is 8.42. The minimum Gasteiger partial charge on any atom is -0.397 e. The van der Waals surface area contributed by atoms with E-state index >= 15 is 0 Å². The highest BCUT2D eigenvalue weighted by molar-refractivity contribution is 7.89. The fourth-order valence-electron chi connectivity index (χ4n) is 1.63. The highest BCUT2D eigenvalue weighted by Crippen LogP contribution is 2.25. The van der Waals surface area contributed by atoms with Crippen molar-refractivity contribution >= 4 is 38.6 Å². The molecule has 108 valence electrons. The van der Waals surface area contributed by atoms with Gasteiger partial charge in [-0.15, -0.1) is 11.3 Å². The van der Waals surface area contributed by atoms with Crippen LogP contribution < -0.4 is 5.73 Å². The first kappa shape index (κ1) is 15.2. The van der Waals surface area contributed by atoms with Gasteiger partial charge in [0.2, 0.25) is 10.0 Å². The summed E-state index contributed by atoms with van der Waals surface area (Å²) < 4.78 is 26.2. The van der Waals surface area contributed by atoms with Crippen LogP contribution >= 0.6 is 22.9 Å². The van der Waals surface area contributed by atoms with Crippen LogP contribution in [0.2, 0.25) is 5.02 Å². The van der Waals surface area contributed by atoms with E-state index in [-0.39, 0.29) is 17.1 Å². The van der Waals surface area contributed by atoms with Crippen molar-refractivity contribution < 1.29 is 8.42 Å². The number of aryl methyl sites for hydroxylation is 1. The molecule has 5 nitrogen and oxygen atoms in total. The zero-order chi connectivity index (χ0) is 14.9. The summed E-state index contributed by atoms with van der Waals surface area (Å²) in [6.07, 6.45) is 0. The van der Waals surface area contributed by atoms with Crippen LogP contribution in [0.1, 0.15) is 10.6 Å². The van der Waals surface area contributed by atoms with E-state index in [2.05, 4.69) is 4.98 Å². The smallest absolute Gasteiger partial charge is 0.243 e. The van der Waals surface area contributed by atoms with E-state index in [4.69, 9.17) is 17.3 Å². The minimum absolute atomic E-state index is 0.129. The molecule has 0 spiro atoms. The van der Waals surface area contributed by atoms with Gasteiger partial charge >= 0.3 is 0 Å². The number of anilines is 1. The van der Waals surface area contributed by atoms with Gasteiger partial charge in [-0.1, -0.05) is 11.6 Å². The molecule has 0 aliphatic carbocycles. The van der Waals surface area contributed by atoms with Gasteiger partial charge in [0.25, 0.3) is 0 Å². The molecule has 0 atom stereocenters. The van der Waals surface area contributed by atoms with Crippen molar-refractivity contribution in [2.24, 2.45) is 0 Å². The van der Waals surface area contributed by atoms with Gasteiger partial charge in [0.1, 0.15) is 0 Å². The largest absolute Gasteiger partial charge is 0.397 e. The second kappa shape index (κ2) is 5.69. The average molecular weight is 332 g/mol. The second-order valence-electron chi connectivity index (χ2n) is 4.31. The molecule has 2 N–H and O–H groups in total. The molecule has 0 saturated carbocycles. The molecule has 0 aliphatic heterocycles. The van der Waals surface area contributed by atoms with Crippen LogP contribution in [-0.2, 0) is 16.6 Å². The topological polar surface area (TPSA) is 76.3 Å². The first-order chi connectivity index (χ1) is 9.32. The lowest BCUT2D eigenvalue weighted by molar-refractivity contribution is 0.468. The van der Waals surface area contributed by atoms with Crippen molar-refractivity contribution in [3.8, 4) is 0 Å². The maximum Gasteiger partial charge on any atom is 0.243 e. The lowest BCUT2D eigenvalue weighted by atomic mass is 10.3. The lowest BCUT2D eigenvalue weighted by Crippen LogP contribution is -2.26. The van der Waals surface area contributed by atoms with Crippen molar-refractivity contribution in [1.82, 2.24) is 9.29 Å². The van der Waals surface area contributed by atoms with Crippen molar-refractivity contribution in [2.75, 3.05) is 12.8 Å². The molecule has 0 fully saturated rings. The molecule has 1 heterocycles. The molecule has 0 radical (unpaired) electrons. The van der Waals surface area contributed by atoms with Gasteiger partial charge in [-0.25, -0.2) is 13.4 Å². The fraction of sp³-hybridized carbons (Fsp3) is 0.250. The van der Waals surface area contributed by atoms with Crippen molar-refractivity contribution in [1.29, 1.82) is 0 Å². The maximum absolute atomic E-state index is 12.4. The van der Waals surface area contributed by atoms with Gasteiger partial charge in [-0.3, -0.25) is 0 Å². The fourth-order valence-corrected chi connectivity index (χ4v) is 3.83. The van der Waals surface area contributed by atoms with E-state index in [9.17, 15) is 8.42 Å². The van der Waals surface area contributed by atoms with Gasteiger partial charge < -0.3 is 5.73 Å². The van der Waals surface area contributed by atoms with Gasteiger partial charge in [-0.05, 0) is 25.1 Å². The molecule has 0 bridgehead atoms. The zero-order valence-corrected chi connectivity index (χ0v) is 13.4. The molecule has 1 aromatic carbocycles. The van der Waals surface area contributed by atoms with E-state index in [0.29, 0.717) is 5.02 Å². The van der Waals surface area contributed by atoms with Crippen LogP contribution in [0.15, 0.2) is 28.6 Å². The van der Waals surface area contributed by atoms with E-state index in [1.54, 1.807) is 5.51 Å². The Bertz CT molecular complexity index is 728. The van der Waals surface area contributed by atoms with Crippen molar-refractivity contribution in [3.63, 3.8) is 0 Å². The quantitative estimate of drug-likeness (QED) is 0.873. The summed E-state index contributed by atoms with van der Waals surface area (Å²) in [6.45, 7) is 2.13. The van der Waals surface area contributed by atoms with E-state index in [1.807, 2.05) is 6.92 Å². The number of nitrogen functional groups attached to an aromatic ring is 1. The van der Waals surface area contributed by atoms with Crippen molar-refractivity contribution in [2.45, 2.75) is 18.4 Å². The highest BCUT2D eigenvalue weighted by atomic mass is 35.5. The van der Waals surface area contributed by atoms with Crippen LogP contribution in [0.5, 0.6) is 0 Å². The Kier molecular flexibility index (Phi) is 4.33. The summed E-state index contributed by atoms with van der Waals surface area (Å²) in [5.74, 6) is 0. The number of hydrogen-bond donors (Lipinski definition) is 1. The van der Waals surface area contributed by atoms with E-state index in [0.717, 1.165) is 10.6 Å². The number of aromatic nitrogens is 1. The number of benzene rings is 1. The molecule has 1 aromatic heterocycles. The number of thiazole rings is 1. The average Bonchev–Trinajstić information content (AvgIpc) is 2.78. The van der Waals surface area contributed by atoms with Crippen LogP contribution in [0.25, 0.3) is 0 Å². The minimum atomic E-state index is -3.60. The third-order valence-corrected chi connectivity index (χ3v) is 5.95. The lowest BCUT2D eigenvalue weighted by Gasteiger charge is -2.17. The number of rotatable bonds is 4. The normalized spacial score (nSPS) is 12.0. The Hall–Kier alpha value is -1.15. The number of nitrogens with two attached hydrogens (primary N) is 1. The predicted octanol–water partition coefficient (Wildman–Crippen LogP) is 2.51. The molecule has 0 saturated heterocycles. The van der Waals surface area contributed by atoms with E-state index in [1.165, 1.54) is 40.9 Å². The van der Waals surface area contributed by atoms with Crippen LogP contribution in [0.4, 0.5) is 5.69 Å². The van der Waals surface area contributed by atoms with Crippen LogP contribution in [0, 0.1) is 6.92 Å².